The van der Waals surface area contributed by atoms with Crippen molar-refractivity contribution in [3.63, 3.8) is 0 Å². The second-order valence-corrected chi connectivity index (χ2v) is 5.54. The van der Waals surface area contributed by atoms with Gasteiger partial charge in [0.1, 0.15) is 11.3 Å². The van der Waals surface area contributed by atoms with E-state index in [4.69, 9.17) is 16.3 Å². The van der Waals surface area contributed by atoms with Crippen molar-refractivity contribution in [2.45, 2.75) is 19.4 Å². The fraction of sp³-hybridized carbons (Fsp3) is 0.429. The number of amides is 2. The van der Waals surface area contributed by atoms with Crippen molar-refractivity contribution in [3.05, 3.63) is 29.3 Å². The van der Waals surface area contributed by atoms with E-state index in [1.54, 1.807) is 38.1 Å². The Morgan fingerprint density at radius 2 is 2.25 bits per heavy atom. The summed E-state index contributed by atoms with van der Waals surface area (Å²) >= 11 is 5.85. The number of halogens is 1. The number of nitrogens with one attached hydrogen (secondary N) is 1. The van der Waals surface area contributed by atoms with Crippen LogP contribution in [0, 0.1) is 0 Å². The van der Waals surface area contributed by atoms with Gasteiger partial charge in [-0.3, -0.25) is 9.59 Å². The van der Waals surface area contributed by atoms with Crippen molar-refractivity contribution >= 4 is 23.4 Å². The van der Waals surface area contributed by atoms with E-state index in [0.717, 1.165) is 0 Å². The zero-order chi connectivity index (χ0) is 14.8. The van der Waals surface area contributed by atoms with E-state index in [1.807, 2.05) is 0 Å². The minimum absolute atomic E-state index is 0.114. The molecule has 0 saturated carbocycles. The van der Waals surface area contributed by atoms with Crippen LogP contribution in [0.3, 0.4) is 0 Å². The summed E-state index contributed by atoms with van der Waals surface area (Å²) in [7, 11) is 0. The lowest BCUT2D eigenvalue weighted by molar-refractivity contribution is -0.150. The smallest absolute Gasteiger partial charge is 0.261 e. The maximum atomic E-state index is 12.2. The summed E-state index contributed by atoms with van der Waals surface area (Å²) in [6.07, 6.45) is 0. The first-order valence-corrected chi connectivity index (χ1v) is 6.76. The molecule has 20 heavy (non-hydrogen) atoms. The highest BCUT2D eigenvalue weighted by Crippen LogP contribution is 2.20. The van der Waals surface area contributed by atoms with Gasteiger partial charge in [0.05, 0.1) is 0 Å². The van der Waals surface area contributed by atoms with Gasteiger partial charge in [0.2, 0.25) is 5.91 Å². The van der Waals surface area contributed by atoms with E-state index >= 15 is 0 Å². The highest BCUT2D eigenvalue weighted by molar-refractivity contribution is 6.30. The number of piperazine rings is 1. The molecule has 6 heteroatoms. The number of carbonyl (C=O) groups is 2. The van der Waals surface area contributed by atoms with Gasteiger partial charge in [-0.1, -0.05) is 17.7 Å². The number of carbonyl (C=O) groups excluding carboxylic acids is 2. The molecule has 0 radical (unpaired) electrons. The fourth-order valence-corrected chi connectivity index (χ4v) is 2.30. The number of hydrogen-bond acceptors (Lipinski definition) is 3. The molecule has 0 bridgehead atoms. The summed E-state index contributed by atoms with van der Waals surface area (Å²) < 4.78 is 5.42. The molecule has 0 aromatic heterocycles. The van der Waals surface area contributed by atoms with Gasteiger partial charge in [-0.25, -0.2) is 0 Å². The highest BCUT2D eigenvalue weighted by atomic mass is 35.5. The number of benzene rings is 1. The van der Waals surface area contributed by atoms with Crippen LogP contribution in [0.5, 0.6) is 5.75 Å². The van der Waals surface area contributed by atoms with Crippen LogP contribution in [-0.4, -0.2) is 41.9 Å². The third-order valence-corrected chi connectivity index (χ3v) is 3.55. The summed E-state index contributed by atoms with van der Waals surface area (Å²) in [4.78, 5) is 25.5. The van der Waals surface area contributed by atoms with Crippen LogP contribution >= 0.6 is 11.6 Å². The maximum absolute atomic E-state index is 12.2. The second kappa shape index (κ2) is 5.71. The number of ether oxygens (including phenoxy) is 1. The molecule has 0 unspecified atom stereocenters. The van der Waals surface area contributed by atoms with Gasteiger partial charge in [0.15, 0.2) is 6.61 Å². The summed E-state index contributed by atoms with van der Waals surface area (Å²) in [5.74, 6) is 0.162. The minimum atomic E-state index is -0.854. The van der Waals surface area contributed by atoms with Crippen LogP contribution in [0.25, 0.3) is 0 Å². The van der Waals surface area contributed by atoms with E-state index in [2.05, 4.69) is 5.32 Å². The van der Waals surface area contributed by atoms with Crippen molar-refractivity contribution < 1.29 is 14.3 Å². The molecule has 1 aromatic rings. The van der Waals surface area contributed by atoms with Crippen molar-refractivity contribution in [2.24, 2.45) is 0 Å². The Morgan fingerprint density at radius 1 is 1.50 bits per heavy atom. The molecular formula is C14H17ClN2O3. The summed E-state index contributed by atoms with van der Waals surface area (Å²) in [5.41, 5.74) is -0.854. The molecule has 5 nitrogen and oxygen atoms in total. The van der Waals surface area contributed by atoms with Crippen molar-refractivity contribution in [3.8, 4) is 5.75 Å². The molecule has 2 amide bonds. The zero-order valence-corrected chi connectivity index (χ0v) is 12.2. The Hall–Kier alpha value is -1.75. The Labute approximate surface area is 122 Å². The lowest BCUT2D eigenvalue weighted by Crippen LogP contribution is -2.64. The predicted octanol–water partition coefficient (Wildman–Crippen LogP) is 1.46. The van der Waals surface area contributed by atoms with Gasteiger partial charge in [0, 0.05) is 18.1 Å². The van der Waals surface area contributed by atoms with Crippen LogP contribution in [0.4, 0.5) is 0 Å². The quantitative estimate of drug-likeness (QED) is 0.918. The van der Waals surface area contributed by atoms with E-state index in [1.165, 1.54) is 4.90 Å². The standard InChI is InChI=1S/C14H17ClN2O3/c1-14(2)13(19)16-6-7-17(14)12(18)9-20-11-5-3-4-10(15)8-11/h3-5,8H,6-7,9H2,1-2H3,(H,16,19). The minimum Gasteiger partial charge on any atom is -0.484 e. The number of hydrogen-bond donors (Lipinski definition) is 1. The second-order valence-electron chi connectivity index (χ2n) is 5.11. The molecule has 1 aliphatic rings. The molecule has 0 atom stereocenters. The molecule has 1 N–H and O–H groups in total. The summed E-state index contributed by atoms with van der Waals surface area (Å²) in [6.45, 7) is 4.27. The molecule has 0 aliphatic carbocycles. The van der Waals surface area contributed by atoms with Gasteiger partial charge in [0.25, 0.3) is 5.91 Å². The highest BCUT2D eigenvalue weighted by Gasteiger charge is 2.40. The molecule has 1 heterocycles. The van der Waals surface area contributed by atoms with Gasteiger partial charge in [-0.05, 0) is 32.0 Å². The average Bonchev–Trinajstić information content (AvgIpc) is 2.39. The Morgan fingerprint density at radius 3 is 2.95 bits per heavy atom. The molecule has 0 spiro atoms. The molecule has 108 valence electrons. The fourth-order valence-electron chi connectivity index (χ4n) is 2.12. The number of rotatable bonds is 3. The van der Waals surface area contributed by atoms with Gasteiger partial charge >= 0.3 is 0 Å². The van der Waals surface area contributed by atoms with Crippen molar-refractivity contribution in [1.82, 2.24) is 10.2 Å². The van der Waals surface area contributed by atoms with Crippen LogP contribution in [0.15, 0.2) is 24.3 Å². The van der Waals surface area contributed by atoms with E-state index < -0.39 is 5.54 Å². The molecule has 1 saturated heterocycles. The Bertz CT molecular complexity index is 531. The van der Waals surface area contributed by atoms with E-state index in [-0.39, 0.29) is 18.4 Å². The predicted molar refractivity (Wildman–Crippen MR) is 75.7 cm³/mol. The van der Waals surface area contributed by atoms with Gasteiger partial charge < -0.3 is 15.0 Å². The Kier molecular flexibility index (Phi) is 4.18. The monoisotopic (exact) mass is 296 g/mol. The van der Waals surface area contributed by atoms with Crippen LogP contribution < -0.4 is 10.1 Å². The SMILES string of the molecule is CC1(C)C(=O)NCCN1C(=O)COc1cccc(Cl)c1. The summed E-state index contributed by atoms with van der Waals surface area (Å²) in [5, 5.41) is 3.30. The Balaban J connectivity index is 1.99. The molecule has 1 fully saturated rings. The van der Waals surface area contributed by atoms with Crippen LogP contribution in [0.2, 0.25) is 5.02 Å². The van der Waals surface area contributed by atoms with Gasteiger partial charge in [-0.2, -0.15) is 0 Å². The maximum Gasteiger partial charge on any atom is 0.261 e. The van der Waals surface area contributed by atoms with Gasteiger partial charge in [-0.15, -0.1) is 0 Å². The van der Waals surface area contributed by atoms with Crippen LogP contribution in [0.1, 0.15) is 13.8 Å². The third-order valence-electron chi connectivity index (χ3n) is 3.31. The third kappa shape index (κ3) is 3.04. The first kappa shape index (κ1) is 14.7. The molecular weight excluding hydrogens is 280 g/mol. The van der Waals surface area contributed by atoms with Crippen molar-refractivity contribution in [1.29, 1.82) is 0 Å². The first-order valence-electron chi connectivity index (χ1n) is 6.38. The lowest BCUT2D eigenvalue weighted by atomic mass is 9.99. The van der Waals surface area contributed by atoms with E-state index in [9.17, 15) is 9.59 Å². The van der Waals surface area contributed by atoms with E-state index in [0.29, 0.717) is 23.9 Å². The first-order chi connectivity index (χ1) is 9.41. The lowest BCUT2D eigenvalue weighted by Gasteiger charge is -2.41. The van der Waals surface area contributed by atoms with Crippen molar-refractivity contribution in [2.75, 3.05) is 19.7 Å². The molecule has 2 rings (SSSR count). The molecule has 1 aliphatic heterocycles. The van der Waals surface area contributed by atoms with Crippen LogP contribution in [-0.2, 0) is 9.59 Å². The topological polar surface area (TPSA) is 58.6 Å². The summed E-state index contributed by atoms with van der Waals surface area (Å²) in [6, 6.07) is 6.85. The average molecular weight is 297 g/mol. The normalized spacial score (nSPS) is 17.6. The zero-order valence-electron chi connectivity index (χ0n) is 11.5. The molecule has 1 aromatic carbocycles. The largest absolute Gasteiger partial charge is 0.484 e. The number of nitrogens with zero attached hydrogens (tertiary/aromatic N) is 1.